The van der Waals surface area contributed by atoms with Gasteiger partial charge in [0.25, 0.3) is 5.91 Å². The Morgan fingerprint density at radius 1 is 1.26 bits per heavy atom. The Hall–Kier alpha value is -2.64. The number of rotatable bonds is 5. The molecule has 1 amide bonds. The molecule has 0 aliphatic heterocycles. The van der Waals surface area contributed by atoms with Gasteiger partial charge in [-0.1, -0.05) is 42.1 Å². The summed E-state index contributed by atoms with van der Waals surface area (Å²) in [5.74, 6) is 0.138. The lowest BCUT2D eigenvalue weighted by molar-refractivity contribution is -0.118. The molecule has 0 saturated carbocycles. The molecule has 0 fully saturated rings. The number of hydrogen-bond donors (Lipinski definition) is 1. The van der Waals surface area contributed by atoms with E-state index in [1.165, 1.54) is 11.8 Å². The van der Waals surface area contributed by atoms with Gasteiger partial charge in [0.1, 0.15) is 0 Å². The van der Waals surface area contributed by atoms with E-state index in [2.05, 4.69) is 32.2 Å². The number of fused-ring (bicyclic) bond motifs is 2. The van der Waals surface area contributed by atoms with Gasteiger partial charge in [-0.2, -0.15) is 5.10 Å². The van der Waals surface area contributed by atoms with Crippen LogP contribution in [-0.4, -0.2) is 27.4 Å². The lowest BCUT2D eigenvalue weighted by Gasteiger charge is -1.99. The minimum atomic E-state index is -0.145. The second-order valence-corrected chi connectivity index (χ2v) is 8.36. The molecule has 7 heteroatoms. The highest BCUT2D eigenvalue weighted by Gasteiger charge is 2.10. The third-order valence-corrected chi connectivity index (χ3v) is 6.61. The highest BCUT2D eigenvalue weighted by atomic mass is 32.2. The lowest BCUT2D eigenvalue weighted by Crippen LogP contribution is -2.19. The second kappa shape index (κ2) is 7.54. The first kappa shape index (κ1) is 17.8. The number of thioether (sulfide) groups is 1. The molecule has 0 spiro atoms. The Balaban J connectivity index is 1.40. The predicted octanol–water partition coefficient (Wildman–Crippen LogP) is 4.34. The third-order valence-electron chi connectivity index (χ3n) is 4.43. The van der Waals surface area contributed by atoms with Gasteiger partial charge in [-0.05, 0) is 25.1 Å². The van der Waals surface area contributed by atoms with Gasteiger partial charge in [0.15, 0.2) is 4.34 Å². The summed E-state index contributed by atoms with van der Waals surface area (Å²) in [5, 5.41) is 5.28. The van der Waals surface area contributed by atoms with Crippen LogP contribution in [0.25, 0.3) is 21.1 Å². The Morgan fingerprint density at radius 2 is 2.04 bits per heavy atom. The summed E-state index contributed by atoms with van der Waals surface area (Å²) in [4.78, 5) is 16.6. The Labute approximate surface area is 165 Å². The van der Waals surface area contributed by atoms with Crippen LogP contribution in [0.1, 0.15) is 11.3 Å². The number of para-hydroxylation sites is 2. The number of nitrogens with zero attached hydrogens (tertiary/aromatic N) is 3. The Kier molecular flexibility index (Phi) is 4.96. The van der Waals surface area contributed by atoms with Gasteiger partial charge in [-0.15, -0.1) is 11.3 Å². The number of carbonyl (C=O) groups excluding carboxylic acids is 1. The number of benzene rings is 2. The minimum absolute atomic E-state index is 0.145. The van der Waals surface area contributed by atoms with Crippen molar-refractivity contribution in [2.24, 2.45) is 12.1 Å². The van der Waals surface area contributed by atoms with Gasteiger partial charge < -0.3 is 4.57 Å². The largest absolute Gasteiger partial charge is 0.347 e. The van der Waals surface area contributed by atoms with Crippen LogP contribution in [-0.2, 0) is 11.8 Å². The van der Waals surface area contributed by atoms with Crippen LogP contribution < -0.4 is 5.43 Å². The van der Waals surface area contributed by atoms with E-state index in [0.29, 0.717) is 0 Å². The number of thiazole rings is 1. The molecule has 5 nitrogen and oxygen atoms in total. The van der Waals surface area contributed by atoms with Crippen molar-refractivity contribution in [2.75, 3.05) is 5.75 Å². The maximum atomic E-state index is 12.1. The molecule has 0 aliphatic carbocycles. The first-order valence-electron chi connectivity index (χ1n) is 8.48. The maximum Gasteiger partial charge on any atom is 0.250 e. The highest BCUT2D eigenvalue weighted by Crippen LogP contribution is 2.29. The van der Waals surface area contributed by atoms with Crippen molar-refractivity contribution >= 4 is 56.3 Å². The average Bonchev–Trinajstić information content (AvgIpc) is 3.21. The molecule has 4 aromatic rings. The topological polar surface area (TPSA) is 59.3 Å². The molecule has 4 rings (SSSR count). The van der Waals surface area contributed by atoms with Crippen molar-refractivity contribution in [3.8, 4) is 0 Å². The van der Waals surface area contributed by atoms with Gasteiger partial charge in [0, 0.05) is 29.2 Å². The van der Waals surface area contributed by atoms with Gasteiger partial charge in [0.05, 0.1) is 22.2 Å². The number of aromatic nitrogens is 2. The molecule has 0 aliphatic rings. The summed E-state index contributed by atoms with van der Waals surface area (Å²) in [7, 11) is 2.03. The monoisotopic (exact) mass is 394 g/mol. The number of aryl methyl sites for hydroxylation is 1. The van der Waals surface area contributed by atoms with Crippen molar-refractivity contribution in [2.45, 2.75) is 11.3 Å². The van der Waals surface area contributed by atoms with Gasteiger partial charge in [-0.3, -0.25) is 4.79 Å². The van der Waals surface area contributed by atoms with Crippen molar-refractivity contribution in [1.29, 1.82) is 0 Å². The van der Waals surface area contributed by atoms with Crippen LogP contribution in [0.3, 0.4) is 0 Å². The molecule has 0 bridgehead atoms. The van der Waals surface area contributed by atoms with Crippen molar-refractivity contribution in [3.63, 3.8) is 0 Å². The fourth-order valence-electron chi connectivity index (χ4n) is 2.95. The molecule has 0 atom stereocenters. The highest BCUT2D eigenvalue weighted by molar-refractivity contribution is 8.01. The molecular weight excluding hydrogens is 376 g/mol. The van der Waals surface area contributed by atoms with Crippen LogP contribution in [0.5, 0.6) is 0 Å². The van der Waals surface area contributed by atoms with Gasteiger partial charge in [-0.25, -0.2) is 10.4 Å². The van der Waals surface area contributed by atoms with E-state index in [9.17, 15) is 4.79 Å². The zero-order valence-electron chi connectivity index (χ0n) is 15.0. The zero-order chi connectivity index (χ0) is 18.8. The van der Waals surface area contributed by atoms with Crippen molar-refractivity contribution in [1.82, 2.24) is 15.0 Å². The molecule has 2 aromatic carbocycles. The van der Waals surface area contributed by atoms with E-state index < -0.39 is 0 Å². The first-order chi connectivity index (χ1) is 13.1. The van der Waals surface area contributed by atoms with Crippen LogP contribution in [0.15, 0.2) is 58.0 Å². The lowest BCUT2D eigenvalue weighted by atomic mass is 10.1. The molecular formula is C20H18N4OS2. The zero-order valence-corrected chi connectivity index (χ0v) is 16.6. The van der Waals surface area contributed by atoms with Crippen LogP contribution in [0, 0.1) is 6.92 Å². The minimum Gasteiger partial charge on any atom is -0.347 e. The van der Waals surface area contributed by atoms with E-state index >= 15 is 0 Å². The molecule has 27 heavy (non-hydrogen) atoms. The normalized spacial score (nSPS) is 11.6. The summed E-state index contributed by atoms with van der Waals surface area (Å²) >= 11 is 3.02. The Bertz CT molecular complexity index is 1130. The van der Waals surface area contributed by atoms with E-state index in [-0.39, 0.29) is 11.7 Å². The fourth-order valence-corrected chi connectivity index (χ4v) is 4.82. The van der Waals surface area contributed by atoms with E-state index in [4.69, 9.17) is 0 Å². The number of hydrogen-bond acceptors (Lipinski definition) is 5. The smallest absolute Gasteiger partial charge is 0.250 e. The fraction of sp³-hybridized carbons (Fsp3) is 0.150. The second-order valence-electron chi connectivity index (χ2n) is 6.10. The first-order valence-corrected chi connectivity index (χ1v) is 10.3. The molecule has 0 unspecified atom stereocenters. The third kappa shape index (κ3) is 3.61. The van der Waals surface area contributed by atoms with E-state index in [1.807, 2.05) is 50.4 Å². The summed E-state index contributed by atoms with van der Waals surface area (Å²) in [6.07, 6.45) is 1.72. The molecule has 0 saturated heterocycles. The predicted molar refractivity (Wildman–Crippen MR) is 114 cm³/mol. The van der Waals surface area contributed by atoms with Gasteiger partial charge >= 0.3 is 0 Å². The molecule has 0 radical (unpaired) electrons. The molecule has 2 heterocycles. The SMILES string of the molecule is Cc1c(/C=N\NC(=O)CSc2nc3ccccc3s2)c2ccccc2n1C. The average molecular weight is 395 g/mol. The summed E-state index contributed by atoms with van der Waals surface area (Å²) in [5.41, 5.74) is 6.86. The number of nitrogens with one attached hydrogen (secondary N) is 1. The summed E-state index contributed by atoms with van der Waals surface area (Å²) in [6, 6.07) is 16.1. The maximum absolute atomic E-state index is 12.1. The number of carbonyl (C=O) groups is 1. The van der Waals surface area contributed by atoms with E-state index in [1.54, 1.807) is 17.6 Å². The standard InChI is InChI=1S/C20H18N4OS2/c1-13-15(14-7-3-5-9-17(14)24(13)2)11-21-23-19(25)12-26-20-22-16-8-4-6-10-18(16)27-20/h3-11H,12H2,1-2H3,(H,23,25)/b21-11-. The molecule has 1 N–H and O–H groups in total. The number of amides is 1. The van der Waals surface area contributed by atoms with Crippen LogP contribution in [0.2, 0.25) is 0 Å². The van der Waals surface area contributed by atoms with Crippen molar-refractivity contribution in [3.05, 3.63) is 59.8 Å². The summed E-state index contributed by atoms with van der Waals surface area (Å²) in [6.45, 7) is 2.05. The molecule has 2 aromatic heterocycles. The van der Waals surface area contributed by atoms with Crippen LogP contribution >= 0.6 is 23.1 Å². The van der Waals surface area contributed by atoms with E-state index in [0.717, 1.165) is 36.7 Å². The quantitative estimate of drug-likeness (QED) is 0.311. The van der Waals surface area contributed by atoms with Gasteiger partial charge in [0.2, 0.25) is 0 Å². The number of hydrazone groups is 1. The molecule has 136 valence electrons. The van der Waals surface area contributed by atoms with Crippen molar-refractivity contribution < 1.29 is 4.79 Å². The Morgan fingerprint density at radius 3 is 2.89 bits per heavy atom. The van der Waals surface area contributed by atoms with Crippen LogP contribution in [0.4, 0.5) is 0 Å². The summed E-state index contributed by atoms with van der Waals surface area (Å²) < 4.78 is 4.15.